The van der Waals surface area contributed by atoms with Crippen molar-refractivity contribution in [1.82, 2.24) is 20.2 Å². The minimum absolute atomic E-state index is 0.00970. The van der Waals surface area contributed by atoms with E-state index < -0.39 is 4.92 Å². The van der Waals surface area contributed by atoms with Gasteiger partial charge in [0.2, 0.25) is 11.1 Å². The molecule has 3 rings (SSSR count). The third kappa shape index (κ3) is 4.43. The SMILES string of the molecule is Cc1ccc(C)c(-n2nnnc2SCC(=O)Nc2c([N+](=O)[O-])ccc(C)c2C)c1. The van der Waals surface area contributed by atoms with Crippen molar-refractivity contribution in [2.45, 2.75) is 32.9 Å². The highest BCUT2D eigenvalue weighted by Crippen LogP contribution is 2.30. The third-order valence-corrected chi connectivity index (χ3v) is 5.46. The van der Waals surface area contributed by atoms with Gasteiger partial charge in [0.15, 0.2) is 0 Å². The normalized spacial score (nSPS) is 10.8. The lowest BCUT2D eigenvalue weighted by Gasteiger charge is -2.11. The van der Waals surface area contributed by atoms with E-state index >= 15 is 0 Å². The van der Waals surface area contributed by atoms with Crippen molar-refractivity contribution in [2.24, 2.45) is 0 Å². The summed E-state index contributed by atoms with van der Waals surface area (Å²) < 4.78 is 1.58. The van der Waals surface area contributed by atoms with Crippen LogP contribution in [0.15, 0.2) is 35.5 Å². The number of carbonyl (C=O) groups is 1. The fraction of sp³-hybridized carbons (Fsp3) is 0.263. The summed E-state index contributed by atoms with van der Waals surface area (Å²) in [7, 11) is 0. The molecule has 1 amide bonds. The molecule has 0 atom stereocenters. The van der Waals surface area contributed by atoms with Gasteiger partial charge in [-0.05, 0) is 66.4 Å². The molecule has 0 radical (unpaired) electrons. The molecule has 3 aromatic rings. The van der Waals surface area contributed by atoms with Crippen molar-refractivity contribution < 1.29 is 9.72 Å². The predicted molar refractivity (Wildman–Crippen MR) is 111 cm³/mol. The van der Waals surface area contributed by atoms with Crippen molar-refractivity contribution in [2.75, 3.05) is 11.1 Å². The number of benzene rings is 2. The molecule has 0 saturated carbocycles. The molecule has 1 N–H and O–H groups in total. The number of tetrazole rings is 1. The Balaban J connectivity index is 1.77. The van der Waals surface area contributed by atoms with Gasteiger partial charge in [-0.2, -0.15) is 4.68 Å². The second-order valence-corrected chi connectivity index (χ2v) is 7.60. The number of thioether (sulfide) groups is 1. The number of carbonyl (C=O) groups excluding carboxylic acids is 1. The fourth-order valence-corrected chi connectivity index (χ4v) is 3.47. The molecule has 2 aromatic carbocycles. The lowest BCUT2D eigenvalue weighted by molar-refractivity contribution is -0.384. The molecule has 0 bridgehead atoms. The Morgan fingerprint density at radius 2 is 1.90 bits per heavy atom. The van der Waals surface area contributed by atoms with Crippen LogP contribution in [-0.4, -0.2) is 36.8 Å². The van der Waals surface area contributed by atoms with Gasteiger partial charge in [0.25, 0.3) is 5.69 Å². The molecule has 9 nitrogen and oxygen atoms in total. The second-order valence-electron chi connectivity index (χ2n) is 6.66. The summed E-state index contributed by atoms with van der Waals surface area (Å²) in [6.45, 7) is 7.51. The number of nitrogens with zero attached hydrogens (tertiary/aromatic N) is 5. The molecule has 0 aliphatic carbocycles. The number of nitrogens with one attached hydrogen (secondary N) is 1. The molecule has 0 aliphatic heterocycles. The van der Waals surface area contributed by atoms with Crippen molar-refractivity contribution >= 4 is 29.0 Å². The summed E-state index contributed by atoms with van der Waals surface area (Å²) >= 11 is 1.16. The first kappa shape index (κ1) is 20.5. The van der Waals surface area contributed by atoms with E-state index in [2.05, 4.69) is 20.8 Å². The van der Waals surface area contributed by atoms with E-state index in [4.69, 9.17) is 0 Å². The Bertz CT molecular complexity index is 1100. The van der Waals surface area contributed by atoms with E-state index in [1.165, 1.54) is 6.07 Å². The molecule has 1 aromatic heterocycles. The first-order valence-corrected chi connectivity index (χ1v) is 9.79. The first-order chi connectivity index (χ1) is 13.8. The van der Waals surface area contributed by atoms with Crippen LogP contribution in [0.1, 0.15) is 22.3 Å². The Kier molecular flexibility index (Phi) is 5.92. The van der Waals surface area contributed by atoms with Crippen LogP contribution in [0, 0.1) is 37.8 Å². The summed E-state index contributed by atoms with van der Waals surface area (Å²) in [4.78, 5) is 23.3. The zero-order valence-electron chi connectivity index (χ0n) is 16.5. The molecule has 10 heteroatoms. The molecule has 0 fully saturated rings. The first-order valence-electron chi connectivity index (χ1n) is 8.81. The predicted octanol–water partition coefficient (Wildman–Crippen LogP) is 3.53. The maximum atomic E-state index is 12.5. The van der Waals surface area contributed by atoms with Gasteiger partial charge >= 0.3 is 0 Å². The fourth-order valence-electron chi connectivity index (χ4n) is 2.78. The monoisotopic (exact) mass is 412 g/mol. The van der Waals surface area contributed by atoms with Crippen molar-refractivity contribution in [3.63, 3.8) is 0 Å². The molecule has 0 unspecified atom stereocenters. The van der Waals surface area contributed by atoms with E-state index in [1.54, 1.807) is 17.7 Å². The van der Waals surface area contributed by atoms with Gasteiger partial charge in [-0.3, -0.25) is 14.9 Å². The number of nitro benzene ring substituents is 1. The summed E-state index contributed by atoms with van der Waals surface area (Å²) in [5, 5.41) is 26.2. The van der Waals surface area contributed by atoms with Gasteiger partial charge in [0.1, 0.15) is 5.69 Å². The summed E-state index contributed by atoms with van der Waals surface area (Å²) in [6, 6.07) is 9.01. The molecular formula is C19H20N6O3S. The molecular weight excluding hydrogens is 392 g/mol. The largest absolute Gasteiger partial charge is 0.319 e. The summed E-state index contributed by atoms with van der Waals surface area (Å²) in [5.74, 6) is -0.363. The highest BCUT2D eigenvalue weighted by molar-refractivity contribution is 7.99. The van der Waals surface area contributed by atoms with Gasteiger partial charge in [0, 0.05) is 6.07 Å². The van der Waals surface area contributed by atoms with Gasteiger partial charge < -0.3 is 5.32 Å². The number of anilines is 1. The molecule has 29 heavy (non-hydrogen) atoms. The molecule has 1 heterocycles. The van der Waals surface area contributed by atoms with E-state index in [0.717, 1.165) is 34.1 Å². The van der Waals surface area contributed by atoms with E-state index in [0.29, 0.717) is 10.7 Å². The number of nitro groups is 1. The van der Waals surface area contributed by atoms with Crippen LogP contribution in [0.4, 0.5) is 11.4 Å². The van der Waals surface area contributed by atoms with Gasteiger partial charge in [0.05, 0.1) is 16.4 Å². The minimum atomic E-state index is -0.504. The average molecular weight is 412 g/mol. The van der Waals surface area contributed by atoms with Gasteiger partial charge in [-0.1, -0.05) is 30.0 Å². The molecule has 0 spiro atoms. The maximum Gasteiger partial charge on any atom is 0.293 e. The van der Waals surface area contributed by atoms with Gasteiger partial charge in [-0.15, -0.1) is 5.10 Å². The van der Waals surface area contributed by atoms with Crippen LogP contribution >= 0.6 is 11.8 Å². The summed E-state index contributed by atoms with van der Waals surface area (Å²) in [5.41, 5.74) is 4.51. The van der Waals surface area contributed by atoms with Gasteiger partial charge in [-0.25, -0.2) is 0 Å². The van der Waals surface area contributed by atoms with E-state index in [9.17, 15) is 14.9 Å². The number of aromatic nitrogens is 4. The number of aryl methyl sites for hydroxylation is 3. The lowest BCUT2D eigenvalue weighted by Crippen LogP contribution is -2.17. The van der Waals surface area contributed by atoms with E-state index in [-0.39, 0.29) is 23.0 Å². The second kappa shape index (κ2) is 8.39. The van der Waals surface area contributed by atoms with Crippen LogP contribution in [-0.2, 0) is 4.79 Å². The number of hydrogen-bond donors (Lipinski definition) is 1. The molecule has 150 valence electrons. The Hall–Kier alpha value is -3.27. The number of hydrogen-bond acceptors (Lipinski definition) is 7. The summed E-state index contributed by atoms with van der Waals surface area (Å²) in [6.07, 6.45) is 0. The Labute approximate surface area is 171 Å². The average Bonchev–Trinajstić information content (AvgIpc) is 3.14. The van der Waals surface area contributed by atoms with Crippen LogP contribution < -0.4 is 5.32 Å². The highest BCUT2D eigenvalue weighted by atomic mass is 32.2. The lowest BCUT2D eigenvalue weighted by atomic mass is 10.1. The maximum absolute atomic E-state index is 12.5. The van der Waals surface area contributed by atoms with Crippen molar-refractivity contribution in [3.05, 3.63) is 62.7 Å². The third-order valence-electron chi connectivity index (χ3n) is 4.54. The zero-order chi connectivity index (χ0) is 21.1. The van der Waals surface area contributed by atoms with Crippen molar-refractivity contribution in [1.29, 1.82) is 0 Å². The number of amides is 1. The minimum Gasteiger partial charge on any atom is -0.319 e. The smallest absolute Gasteiger partial charge is 0.293 e. The highest BCUT2D eigenvalue weighted by Gasteiger charge is 2.20. The van der Waals surface area contributed by atoms with Crippen LogP contribution in [0.25, 0.3) is 5.69 Å². The van der Waals surface area contributed by atoms with E-state index in [1.807, 2.05) is 39.0 Å². The number of rotatable bonds is 6. The zero-order valence-corrected chi connectivity index (χ0v) is 17.3. The van der Waals surface area contributed by atoms with Crippen LogP contribution in [0.2, 0.25) is 0 Å². The quantitative estimate of drug-likeness (QED) is 0.374. The molecule has 0 saturated heterocycles. The van der Waals surface area contributed by atoms with Crippen molar-refractivity contribution in [3.8, 4) is 5.69 Å². The topological polar surface area (TPSA) is 116 Å². The molecule has 0 aliphatic rings. The van der Waals surface area contributed by atoms with Crippen LogP contribution in [0.5, 0.6) is 0 Å². The Morgan fingerprint density at radius 1 is 1.17 bits per heavy atom. The Morgan fingerprint density at radius 3 is 2.62 bits per heavy atom. The standard InChI is InChI=1S/C19H20N6O3S/c1-11-5-6-13(3)16(9-11)24-19(21-22-23-24)29-10-17(26)20-18-14(4)12(2)7-8-15(18)25(27)28/h5-9H,10H2,1-4H3,(H,20,26). The van der Waals surface area contributed by atoms with Crippen LogP contribution in [0.3, 0.4) is 0 Å².